The number of aromatic nitrogens is 2. The fourth-order valence-corrected chi connectivity index (χ4v) is 1.88. The lowest BCUT2D eigenvalue weighted by Gasteiger charge is -2.18. The van der Waals surface area contributed by atoms with Gasteiger partial charge in [-0.1, -0.05) is 18.6 Å². The highest BCUT2D eigenvalue weighted by molar-refractivity contribution is 6.04. The summed E-state index contributed by atoms with van der Waals surface area (Å²) in [6.07, 6.45) is 0. The van der Waals surface area contributed by atoms with E-state index in [4.69, 9.17) is 5.11 Å². The number of nitrogens with one attached hydrogen (secondary N) is 2. The van der Waals surface area contributed by atoms with Crippen molar-refractivity contribution in [3.8, 4) is 0 Å². The fraction of sp³-hybridized carbons (Fsp3) is 0.429. The number of H-pyrrole nitrogens is 1. The van der Waals surface area contributed by atoms with E-state index in [0.29, 0.717) is 5.69 Å². The molecule has 1 aromatic heterocycles. The molecule has 0 aliphatic rings. The molecule has 5 heteroatoms. The Hall–Kier alpha value is -1.88. The number of rotatable bonds is 4. The summed E-state index contributed by atoms with van der Waals surface area (Å²) in [6, 6.07) is 5.72. The summed E-state index contributed by atoms with van der Waals surface area (Å²) in [7, 11) is 0. The minimum absolute atomic E-state index is 0.0101. The van der Waals surface area contributed by atoms with Crippen LogP contribution in [0.15, 0.2) is 18.2 Å². The highest BCUT2D eigenvalue weighted by Crippen LogP contribution is 2.17. The predicted octanol–water partition coefficient (Wildman–Crippen LogP) is 1.62. The van der Waals surface area contributed by atoms with Gasteiger partial charge in [-0.2, -0.15) is 5.10 Å². The zero-order valence-corrected chi connectivity index (χ0v) is 11.4. The van der Waals surface area contributed by atoms with Crippen LogP contribution in [0, 0.1) is 12.8 Å². The van der Waals surface area contributed by atoms with Crippen LogP contribution in [0.25, 0.3) is 10.9 Å². The molecule has 19 heavy (non-hydrogen) atoms. The van der Waals surface area contributed by atoms with Crippen LogP contribution in [-0.4, -0.2) is 33.9 Å². The quantitative estimate of drug-likeness (QED) is 0.782. The Morgan fingerprint density at radius 3 is 2.89 bits per heavy atom. The summed E-state index contributed by atoms with van der Waals surface area (Å²) in [5.41, 5.74) is 2.33. The minimum Gasteiger partial charge on any atom is -0.396 e. The van der Waals surface area contributed by atoms with Crippen LogP contribution < -0.4 is 5.32 Å². The molecular weight excluding hydrogens is 242 g/mol. The first-order valence-corrected chi connectivity index (χ1v) is 6.39. The molecule has 3 N–H and O–H groups in total. The van der Waals surface area contributed by atoms with Gasteiger partial charge in [0.25, 0.3) is 5.91 Å². The van der Waals surface area contributed by atoms with E-state index in [1.165, 1.54) is 0 Å². The van der Waals surface area contributed by atoms with Crippen molar-refractivity contribution in [3.05, 3.63) is 29.5 Å². The van der Waals surface area contributed by atoms with Crippen LogP contribution in [-0.2, 0) is 0 Å². The van der Waals surface area contributed by atoms with Crippen molar-refractivity contribution in [1.82, 2.24) is 15.5 Å². The highest BCUT2D eigenvalue weighted by Gasteiger charge is 2.19. The zero-order chi connectivity index (χ0) is 14.0. The second-order valence-electron chi connectivity index (χ2n) is 5.04. The first-order chi connectivity index (χ1) is 9.02. The number of carbonyl (C=O) groups is 1. The number of aryl methyl sites for hydroxylation is 1. The van der Waals surface area contributed by atoms with E-state index in [-0.39, 0.29) is 24.5 Å². The second-order valence-corrected chi connectivity index (χ2v) is 5.04. The summed E-state index contributed by atoms with van der Waals surface area (Å²) >= 11 is 0. The van der Waals surface area contributed by atoms with Gasteiger partial charge in [-0.25, -0.2) is 0 Å². The number of fused-ring (bicyclic) bond motifs is 1. The van der Waals surface area contributed by atoms with Gasteiger partial charge >= 0.3 is 0 Å². The summed E-state index contributed by atoms with van der Waals surface area (Å²) in [5.74, 6) is -0.208. The molecule has 0 bridgehead atoms. The molecule has 1 amide bonds. The topological polar surface area (TPSA) is 78.0 Å². The molecule has 2 atom stereocenters. The Morgan fingerprint density at radius 1 is 1.47 bits per heavy atom. The smallest absolute Gasteiger partial charge is 0.272 e. The number of benzene rings is 1. The summed E-state index contributed by atoms with van der Waals surface area (Å²) < 4.78 is 0. The van der Waals surface area contributed by atoms with Crippen LogP contribution in [0.2, 0.25) is 0 Å². The van der Waals surface area contributed by atoms with Crippen LogP contribution in [0.5, 0.6) is 0 Å². The Morgan fingerprint density at radius 2 is 2.21 bits per heavy atom. The van der Waals surface area contributed by atoms with Gasteiger partial charge in [0, 0.05) is 18.0 Å². The van der Waals surface area contributed by atoms with E-state index in [1.54, 1.807) is 0 Å². The van der Waals surface area contributed by atoms with Crippen LogP contribution in [0.1, 0.15) is 29.9 Å². The third kappa shape index (κ3) is 2.76. The third-order valence-electron chi connectivity index (χ3n) is 3.43. The van der Waals surface area contributed by atoms with Crippen molar-refractivity contribution < 1.29 is 9.90 Å². The number of hydrogen-bond donors (Lipinski definition) is 3. The van der Waals surface area contributed by atoms with Gasteiger partial charge in [-0.05, 0) is 31.9 Å². The third-order valence-corrected chi connectivity index (χ3v) is 3.43. The summed E-state index contributed by atoms with van der Waals surface area (Å²) in [5, 5.41) is 19.7. The first-order valence-electron chi connectivity index (χ1n) is 6.39. The molecule has 0 radical (unpaired) electrons. The van der Waals surface area contributed by atoms with Gasteiger partial charge in [0.1, 0.15) is 0 Å². The monoisotopic (exact) mass is 261 g/mol. The Balaban J connectivity index is 2.24. The molecule has 0 saturated carbocycles. The summed E-state index contributed by atoms with van der Waals surface area (Å²) in [4.78, 5) is 12.2. The Labute approximate surface area is 112 Å². The number of aromatic amines is 1. The van der Waals surface area contributed by atoms with Gasteiger partial charge < -0.3 is 10.4 Å². The number of aliphatic hydroxyl groups excluding tert-OH is 1. The van der Waals surface area contributed by atoms with Crippen LogP contribution >= 0.6 is 0 Å². The average molecular weight is 261 g/mol. The van der Waals surface area contributed by atoms with Crippen molar-refractivity contribution in [1.29, 1.82) is 0 Å². The molecule has 102 valence electrons. The molecular formula is C14H19N3O2. The number of carbonyl (C=O) groups excluding carboxylic acids is 1. The van der Waals surface area contributed by atoms with Crippen molar-refractivity contribution in [2.24, 2.45) is 5.92 Å². The molecule has 2 rings (SSSR count). The van der Waals surface area contributed by atoms with E-state index >= 15 is 0 Å². The van der Waals surface area contributed by atoms with E-state index in [9.17, 15) is 4.79 Å². The average Bonchev–Trinajstić information content (AvgIpc) is 2.80. The maximum atomic E-state index is 12.2. The summed E-state index contributed by atoms with van der Waals surface area (Å²) in [6.45, 7) is 5.78. The SMILES string of the molecule is Cc1ccc2[nH]nc(C(=O)NC(C)C(C)CO)c2c1. The van der Waals surface area contributed by atoms with Crippen LogP contribution in [0.4, 0.5) is 0 Å². The van der Waals surface area contributed by atoms with Gasteiger partial charge in [0.2, 0.25) is 0 Å². The van der Waals surface area contributed by atoms with Crippen LogP contribution in [0.3, 0.4) is 0 Å². The zero-order valence-electron chi connectivity index (χ0n) is 11.4. The first kappa shape index (κ1) is 13.5. The lowest BCUT2D eigenvalue weighted by atomic mass is 10.0. The van der Waals surface area contributed by atoms with E-state index in [2.05, 4.69) is 15.5 Å². The molecule has 0 aliphatic heterocycles. The predicted molar refractivity (Wildman–Crippen MR) is 74.0 cm³/mol. The molecule has 5 nitrogen and oxygen atoms in total. The lowest BCUT2D eigenvalue weighted by molar-refractivity contribution is 0.0913. The van der Waals surface area contributed by atoms with E-state index in [1.807, 2.05) is 39.0 Å². The second kappa shape index (κ2) is 5.40. The normalized spacial score (nSPS) is 14.3. The fourth-order valence-electron chi connectivity index (χ4n) is 1.88. The van der Waals surface area contributed by atoms with Gasteiger partial charge in [0.05, 0.1) is 5.52 Å². The number of aliphatic hydroxyl groups is 1. The molecule has 1 heterocycles. The van der Waals surface area contributed by atoms with Gasteiger partial charge in [0.15, 0.2) is 5.69 Å². The molecule has 0 saturated heterocycles. The maximum Gasteiger partial charge on any atom is 0.272 e. The Bertz CT molecular complexity index is 591. The Kier molecular flexibility index (Phi) is 3.85. The number of hydrogen-bond acceptors (Lipinski definition) is 3. The highest BCUT2D eigenvalue weighted by atomic mass is 16.3. The van der Waals surface area contributed by atoms with Gasteiger partial charge in [-0.3, -0.25) is 9.89 Å². The molecule has 0 fully saturated rings. The van der Waals surface area contributed by atoms with Crippen molar-refractivity contribution in [2.45, 2.75) is 26.8 Å². The number of nitrogens with zero attached hydrogens (tertiary/aromatic N) is 1. The van der Waals surface area contributed by atoms with Gasteiger partial charge in [-0.15, -0.1) is 0 Å². The lowest BCUT2D eigenvalue weighted by Crippen LogP contribution is -2.38. The minimum atomic E-state index is -0.218. The number of amides is 1. The van der Waals surface area contributed by atoms with Crippen molar-refractivity contribution in [3.63, 3.8) is 0 Å². The van der Waals surface area contributed by atoms with Crippen molar-refractivity contribution >= 4 is 16.8 Å². The molecule has 2 unspecified atom stereocenters. The van der Waals surface area contributed by atoms with Crippen molar-refractivity contribution in [2.75, 3.05) is 6.61 Å². The molecule has 0 spiro atoms. The molecule has 0 aliphatic carbocycles. The largest absolute Gasteiger partial charge is 0.396 e. The molecule has 1 aromatic carbocycles. The van der Waals surface area contributed by atoms with E-state index < -0.39 is 0 Å². The molecule has 2 aromatic rings. The maximum absolute atomic E-state index is 12.2. The van der Waals surface area contributed by atoms with E-state index in [0.717, 1.165) is 16.5 Å². The standard InChI is InChI=1S/C14H19N3O2/c1-8-4-5-12-11(6-8)13(17-16-12)14(19)15-10(3)9(2)7-18/h4-6,9-10,18H,7H2,1-3H3,(H,15,19)(H,16,17).